The van der Waals surface area contributed by atoms with E-state index in [4.69, 9.17) is 9.84 Å². The lowest BCUT2D eigenvalue weighted by atomic mass is 9.70. The van der Waals surface area contributed by atoms with E-state index in [-0.39, 0.29) is 28.7 Å². The van der Waals surface area contributed by atoms with Gasteiger partial charge in [0.05, 0.1) is 21.9 Å². The van der Waals surface area contributed by atoms with E-state index in [0.29, 0.717) is 5.92 Å². The van der Waals surface area contributed by atoms with Gasteiger partial charge in [-0.1, -0.05) is 39.0 Å². The van der Waals surface area contributed by atoms with Crippen LogP contribution in [0.4, 0.5) is 5.69 Å². The molecular weight excluding hydrogens is 406 g/mol. The fraction of sp³-hybridized carbons (Fsp3) is 0.360. The normalized spacial score (nSPS) is 22.5. The highest BCUT2D eigenvalue weighted by atomic mass is 16.6. The van der Waals surface area contributed by atoms with Crippen molar-refractivity contribution >= 4 is 11.7 Å². The van der Waals surface area contributed by atoms with Gasteiger partial charge in [-0.3, -0.25) is 10.1 Å². The highest BCUT2D eigenvalue weighted by Crippen LogP contribution is 2.68. The number of nitro benzene ring substituents is 1. The molecule has 164 valence electrons. The second-order valence-electron chi connectivity index (χ2n) is 9.48. The number of esters is 1. The third kappa shape index (κ3) is 2.80. The van der Waals surface area contributed by atoms with Gasteiger partial charge < -0.3 is 4.74 Å². The lowest BCUT2D eigenvalue weighted by Crippen LogP contribution is -2.33. The van der Waals surface area contributed by atoms with Crippen molar-refractivity contribution in [2.45, 2.75) is 51.6 Å². The van der Waals surface area contributed by atoms with Crippen LogP contribution in [-0.2, 0) is 16.8 Å². The summed E-state index contributed by atoms with van der Waals surface area (Å²) in [7, 11) is 0. The third-order valence-corrected chi connectivity index (χ3v) is 7.75. The highest BCUT2D eigenvalue weighted by molar-refractivity contribution is 5.89. The van der Waals surface area contributed by atoms with Crippen molar-refractivity contribution in [3.8, 4) is 5.69 Å². The van der Waals surface area contributed by atoms with E-state index in [0.717, 1.165) is 24.2 Å². The zero-order chi connectivity index (χ0) is 22.7. The van der Waals surface area contributed by atoms with Crippen molar-refractivity contribution in [2.75, 3.05) is 0 Å². The molecule has 2 aromatic carbocycles. The van der Waals surface area contributed by atoms with Crippen LogP contribution in [0.15, 0.2) is 54.6 Å². The number of non-ortho nitro benzene ring substituents is 1. The number of para-hydroxylation sites is 1. The predicted molar refractivity (Wildman–Crippen MR) is 119 cm³/mol. The van der Waals surface area contributed by atoms with Gasteiger partial charge in [-0.25, -0.2) is 9.48 Å². The summed E-state index contributed by atoms with van der Waals surface area (Å²) < 4.78 is 7.65. The Morgan fingerprint density at radius 3 is 2.50 bits per heavy atom. The van der Waals surface area contributed by atoms with Crippen molar-refractivity contribution in [3.63, 3.8) is 0 Å². The number of aromatic nitrogens is 2. The Bertz CT molecular complexity index is 1210. The summed E-state index contributed by atoms with van der Waals surface area (Å²) in [5.74, 6) is -0.149. The molecule has 32 heavy (non-hydrogen) atoms. The smallest absolute Gasteiger partial charge is 0.338 e. The summed E-state index contributed by atoms with van der Waals surface area (Å²) in [6.07, 6.45) is 2.21. The van der Waals surface area contributed by atoms with Crippen molar-refractivity contribution < 1.29 is 14.5 Å². The predicted octanol–water partition coefficient (Wildman–Crippen LogP) is 5.31. The fourth-order valence-electron chi connectivity index (χ4n) is 5.60. The average molecular weight is 431 g/mol. The molecule has 0 N–H and O–H groups in total. The number of nitro groups is 1. The second kappa shape index (κ2) is 7.02. The van der Waals surface area contributed by atoms with Crippen molar-refractivity contribution in [1.82, 2.24) is 9.78 Å². The second-order valence-corrected chi connectivity index (χ2v) is 9.48. The molecule has 2 bridgehead atoms. The SMILES string of the molecule is CC1(C)[C@@H]2CC[C@@]1(C)c1c2c(COC(=O)c2ccc([N+](=O)[O-])cc2)nn1-c1ccccc1. The van der Waals surface area contributed by atoms with Crippen molar-refractivity contribution in [1.29, 1.82) is 0 Å². The van der Waals surface area contributed by atoms with Crippen molar-refractivity contribution in [3.05, 3.63) is 87.2 Å². The van der Waals surface area contributed by atoms with Gasteiger partial charge in [0.1, 0.15) is 12.3 Å². The molecule has 1 saturated carbocycles. The molecule has 0 saturated heterocycles. The molecule has 2 aliphatic rings. The topological polar surface area (TPSA) is 87.3 Å². The van der Waals surface area contributed by atoms with Gasteiger partial charge in [-0.2, -0.15) is 5.10 Å². The van der Waals surface area contributed by atoms with Gasteiger partial charge in [0.15, 0.2) is 0 Å². The quantitative estimate of drug-likeness (QED) is 0.310. The van der Waals surface area contributed by atoms with Gasteiger partial charge in [0.2, 0.25) is 0 Å². The Balaban J connectivity index is 1.48. The Morgan fingerprint density at radius 2 is 1.84 bits per heavy atom. The zero-order valence-electron chi connectivity index (χ0n) is 18.4. The molecule has 1 aromatic heterocycles. The highest BCUT2D eigenvalue weighted by Gasteiger charge is 2.62. The number of ether oxygens (including phenoxy) is 1. The number of hydrogen-bond donors (Lipinski definition) is 0. The molecular formula is C25H25N3O4. The number of benzene rings is 2. The standard InChI is InChI=1S/C25H25N3O4/c1-24(2)19-13-14-25(24,3)22-21(19)20(26-27(22)17-7-5-4-6-8-17)15-32-23(29)16-9-11-18(12-10-16)28(30)31/h4-12,19H,13-15H2,1-3H3/t19-,25+/m1/s1. The largest absolute Gasteiger partial charge is 0.455 e. The number of nitrogens with zero attached hydrogens (tertiary/aromatic N) is 3. The number of rotatable bonds is 5. The fourth-order valence-corrected chi connectivity index (χ4v) is 5.60. The number of carbonyl (C=O) groups excluding carboxylic acids is 1. The monoisotopic (exact) mass is 431 g/mol. The Morgan fingerprint density at radius 1 is 1.16 bits per heavy atom. The molecule has 7 heteroatoms. The number of carbonyl (C=O) groups is 1. The number of fused-ring (bicyclic) bond motifs is 5. The maximum Gasteiger partial charge on any atom is 0.338 e. The summed E-state index contributed by atoms with van der Waals surface area (Å²) >= 11 is 0. The molecule has 5 rings (SSSR count). The molecule has 0 aliphatic heterocycles. The zero-order valence-corrected chi connectivity index (χ0v) is 18.4. The minimum atomic E-state index is -0.517. The first-order valence-corrected chi connectivity index (χ1v) is 10.8. The molecule has 7 nitrogen and oxygen atoms in total. The van der Waals surface area contributed by atoms with Crippen LogP contribution in [-0.4, -0.2) is 20.7 Å². The van der Waals surface area contributed by atoms with Crippen LogP contribution >= 0.6 is 0 Å². The lowest BCUT2D eigenvalue weighted by molar-refractivity contribution is -0.384. The van der Waals surface area contributed by atoms with Crippen LogP contribution in [0.3, 0.4) is 0 Å². The van der Waals surface area contributed by atoms with E-state index in [9.17, 15) is 14.9 Å². The van der Waals surface area contributed by atoms with E-state index in [1.807, 2.05) is 35.0 Å². The van der Waals surface area contributed by atoms with Crippen molar-refractivity contribution in [2.24, 2.45) is 5.41 Å². The van der Waals surface area contributed by atoms with E-state index < -0.39 is 10.9 Å². The van der Waals surface area contributed by atoms with Crippen LogP contribution in [0, 0.1) is 15.5 Å². The Hall–Kier alpha value is -3.48. The molecule has 0 amide bonds. The average Bonchev–Trinajstić information content (AvgIpc) is 3.34. The first-order valence-electron chi connectivity index (χ1n) is 10.8. The number of hydrogen-bond acceptors (Lipinski definition) is 5. The maximum atomic E-state index is 12.6. The van der Waals surface area contributed by atoms with E-state index in [1.165, 1.54) is 35.5 Å². The van der Waals surface area contributed by atoms with Gasteiger partial charge >= 0.3 is 5.97 Å². The summed E-state index contributed by atoms with van der Waals surface area (Å²) in [5.41, 5.74) is 4.54. The Kier molecular flexibility index (Phi) is 4.48. The Labute approximate surface area is 186 Å². The third-order valence-electron chi connectivity index (χ3n) is 7.75. The van der Waals surface area contributed by atoms with Gasteiger partial charge in [0, 0.05) is 23.1 Å². The summed E-state index contributed by atoms with van der Waals surface area (Å²) in [4.78, 5) is 22.9. The minimum absolute atomic E-state index is 0.00351. The van der Waals surface area contributed by atoms with Gasteiger partial charge in [-0.15, -0.1) is 0 Å². The molecule has 3 aromatic rings. The first kappa shape index (κ1) is 20.4. The molecule has 1 fully saturated rings. The van der Waals surface area contributed by atoms with Crippen LogP contribution in [0.5, 0.6) is 0 Å². The molecule has 1 heterocycles. The summed E-state index contributed by atoms with van der Waals surface area (Å²) in [6, 6.07) is 15.5. The van der Waals surface area contributed by atoms with E-state index in [1.54, 1.807) is 0 Å². The van der Waals surface area contributed by atoms with E-state index in [2.05, 4.69) is 20.8 Å². The minimum Gasteiger partial charge on any atom is -0.455 e. The van der Waals surface area contributed by atoms with Gasteiger partial charge in [0.25, 0.3) is 5.69 Å². The molecule has 2 atom stereocenters. The summed E-state index contributed by atoms with van der Waals surface area (Å²) in [5, 5.41) is 15.7. The van der Waals surface area contributed by atoms with Crippen LogP contribution in [0.2, 0.25) is 0 Å². The van der Waals surface area contributed by atoms with Crippen LogP contribution < -0.4 is 0 Å². The maximum absolute atomic E-state index is 12.6. The first-order chi connectivity index (χ1) is 15.2. The summed E-state index contributed by atoms with van der Waals surface area (Å²) in [6.45, 7) is 7.05. The van der Waals surface area contributed by atoms with Crippen LogP contribution in [0.25, 0.3) is 5.69 Å². The van der Waals surface area contributed by atoms with Gasteiger partial charge in [-0.05, 0) is 48.4 Å². The molecule has 2 aliphatic carbocycles. The van der Waals surface area contributed by atoms with Crippen LogP contribution in [0.1, 0.15) is 66.8 Å². The van der Waals surface area contributed by atoms with E-state index >= 15 is 0 Å². The lowest BCUT2D eigenvalue weighted by Gasteiger charge is -2.35. The molecule has 0 radical (unpaired) electrons. The molecule has 0 spiro atoms. The molecule has 0 unspecified atom stereocenters.